The van der Waals surface area contributed by atoms with Crippen LogP contribution in [0.1, 0.15) is 44.6 Å². The van der Waals surface area contributed by atoms with Crippen molar-refractivity contribution < 1.29 is 9.47 Å². The minimum atomic E-state index is 0.336. The molecule has 0 bridgehead atoms. The molecule has 0 aromatic heterocycles. The maximum absolute atomic E-state index is 5.62. The van der Waals surface area contributed by atoms with Gasteiger partial charge in [-0.25, -0.2) is 0 Å². The van der Waals surface area contributed by atoms with Crippen molar-refractivity contribution in [1.29, 1.82) is 0 Å². The van der Waals surface area contributed by atoms with Gasteiger partial charge in [0.1, 0.15) is 18.5 Å². The number of ether oxygens (including phenoxy) is 2. The van der Waals surface area contributed by atoms with Crippen LogP contribution in [-0.2, 0) is 11.2 Å². The molecule has 0 N–H and O–H groups in total. The molecule has 0 aliphatic carbocycles. The summed E-state index contributed by atoms with van der Waals surface area (Å²) in [5.41, 5.74) is 1.42. The summed E-state index contributed by atoms with van der Waals surface area (Å²) in [6.07, 6.45) is 8.24. The van der Waals surface area contributed by atoms with Gasteiger partial charge in [0.05, 0.1) is 6.61 Å². The fraction of sp³-hybridized carbons (Fsp3) is 0.625. The topological polar surface area (TPSA) is 21.8 Å². The molecule has 2 nitrogen and oxygen atoms in total. The van der Waals surface area contributed by atoms with Gasteiger partial charge in [0.15, 0.2) is 0 Å². The van der Waals surface area contributed by atoms with E-state index in [1.54, 1.807) is 0 Å². The Morgan fingerprint density at radius 3 is 2.50 bits per heavy atom. The van der Waals surface area contributed by atoms with Gasteiger partial charge in [-0.3, -0.25) is 0 Å². The zero-order valence-corrected chi connectivity index (χ0v) is 11.4. The fourth-order valence-corrected chi connectivity index (χ4v) is 2.04. The first-order valence-electron chi connectivity index (χ1n) is 7.22. The highest BCUT2D eigenvalue weighted by atomic mass is 16.6. The summed E-state index contributed by atoms with van der Waals surface area (Å²) < 4.78 is 10.7. The van der Waals surface area contributed by atoms with Crippen LogP contribution in [0.2, 0.25) is 0 Å². The highest BCUT2D eigenvalue weighted by molar-refractivity contribution is 5.27. The summed E-state index contributed by atoms with van der Waals surface area (Å²) in [7, 11) is 0. The molecule has 1 aromatic carbocycles. The Kier molecular flexibility index (Phi) is 5.53. The molecule has 18 heavy (non-hydrogen) atoms. The van der Waals surface area contributed by atoms with Gasteiger partial charge in [-0.05, 0) is 30.5 Å². The van der Waals surface area contributed by atoms with Crippen LogP contribution in [0.4, 0.5) is 0 Å². The first-order valence-corrected chi connectivity index (χ1v) is 7.22. The molecule has 2 heteroatoms. The van der Waals surface area contributed by atoms with E-state index in [-0.39, 0.29) is 0 Å². The minimum Gasteiger partial charge on any atom is -0.491 e. The summed E-state index contributed by atoms with van der Waals surface area (Å²) in [5.74, 6) is 0.959. The van der Waals surface area contributed by atoms with E-state index in [1.165, 1.54) is 44.1 Å². The van der Waals surface area contributed by atoms with Gasteiger partial charge in [0, 0.05) is 0 Å². The maximum atomic E-state index is 5.62. The molecule has 100 valence electrons. The summed E-state index contributed by atoms with van der Waals surface area (Å²) in [6, 6.07) is 8.51. The van der Waals surface area contributed by atoms with Crippen molar-refractivity contribution in [2.75, 3.05) is 13.2 Å². The minimum absolute atomic E-state index is 0.336. The maximum Gasteiger partial charge on any atom is 0.119 e. The Hall–Kier alpha value is -1.02. The fourth-order valence-electron chi connectivity index (χ4n) is 2.04. The first kappa shape index (κ1) is 13.4. The second-order valence-electron chi connectivity index (χ2n) is 5.07. The third-order valence-electron chi connectivity index (χ3n) is 3.33. The van der Waals surface area contributed by atoms with Crippen LogP contribution in [0.3, 0.4) is 0 Å². The zero-order chi connectivity index (χ0) is 12.6. The second-order valence-corrected chi connectivity index (χ2v) is 5.07. The molecule has 1 heterocycles. The number of rotatable bonds is 9. The lowest BCUT2D eigenvalue weighted by molar-refractivity contribution is 0.263. The molecular formula is C16H24O2. The third kappa shape index (κ3) is 5.09. The molecular weight excluding hydrogens is 224 g/mol. The second kappa shape index (κ2) is 7.42. The normalized spacial score (nSPS) is 17.7. The summed E-state index contributed by atoms with van der Waals surface area (Å²) in [4.78, 5) is 0. The average Bonchev–Trinajstić information content (AvgIpc) is 3.22. The van der Waals surface area contributed by atoms with E-state index in [4.69, 9.17) is 9.47 Å². The lowest BCUT2D eigenvalue weighted by atomic mass is 10.1. The van der Waals surface area contributed by atoms with Gasteiger partial charge in [0.25, 0.3) is 0 Å². The van der Waals surface area contributed by atoms with Crippen LogP contribution in [-0.4, -0.2) is 19.3 Å². The van der Waals surface area contributed by atoms with Gasteiger partial charge < -0.3 is 9.47 Å². The Morgan fingerprint density at radius 2 is 1.83 bits per heavy atom. The van der Waals surface area contributed by atoms with Crippen LogP contribution in [0.5, 0.6) is 5.75 Å². The summed E-state index contributed by atoms with van der Waals surface area (Å²) in [5, 5.41) is 0. The third-order valence-corrected chi connectivity index (χ3v) is 3.33. The lowest BCUT2D eigenvalue weighted by Gasteiger charge is -2.06. The zero-order valence-electron chi connectivity index (χ0n) is 11.4. The van der Waals surface area contributed by atoms with E-state index in [1.807, 2.05) is 0 Å². The van der Waals surface area contributed by atoms with E-state index in [0.29, 0.717) is 12.7 Å². The molecule has 0 spiro atoms. The van der Waals surface area contributed by atoms with Crippen molar-refractivity contribution in [3.63, 3.8) is 0 Å². The number of epoxide rings is 1. The van der Waals surface area contributed by atoms with Crippen molar-refractivity contribution >= 4 is 0 Å². The first-order chi connectivity index (χ1) is 8.88. The summed E-state index contributed by atoms with van der Waals surface area (Å²) in [6.45, 7) is 3.80. The van der Waals surface area contributed by atoms with Crippen LogP contribution >= 0.6 is 0 Å². The quantitative estimate of drug-likeness (QED) is 0.487. The molecule has 1 aromatic rings. The number of hydrogen-bond donors (Lipinski definition) is 0. The van der Waals surface area contributed by atoms with Crippen LogP contribution in [0, 0.1) is 0 Å². The Bertz CT molecular complexity index is 327. The van der Waals surface area contributed by atoms with Gasteiger partial charge >= 0.3 is 0 Å². The van der Waals surface area contributed by atoms with E-state index in [9.17, 15) is 0 Å². The van der Waals surface area contributed by atoms with Crippen molar-refractivity contribution in [2.24, 2.45) is 0 Å². The lowest BCUT2D eigenvalue weighted by Crippen LogP contribution is -2.03. The van der Waals surface area contributed by atoms with Crippen molar-refractivity contribution in [3.8, 4) is 5.75 Å². The van der Waals surface area contributed by atoms with Gasteiger partial charge in [-0.2, -0.15) is 0 Å². The largest absolute Gasteiger partial charge is 0.491 e. The molecule has 1 aliphatic heterocycles. The average molecular weight is 248 g/mol. The molecule has 2 rings (SSSR count). The number of benzene rings is 1. The standard InChI is InChI=1S/C16H24O2/c1-2-3-4-5-6-7-14-8-10-15(11-9-14)17-12-16-13-18-16/h8-11,16H,2-7,12-13H2,1H3. The molecule has 0 radical (unpaired) electrons. The van der Waals surface area contributed by atoms with E-state index in [2.05, 4.69) is 31.2 Å². The van der Waals surface area contributed by atoms with E-state index >= 15 is 0 Å². The smallest absolute Gasteiger partial charge is 0.119 e. The van der Waals surface area contributed by atoms with Gasteiger partial charge in [-0.1, -0.05) is 44.7 Å². The molecule has 0 amide bonds. The monoisotopic (exact) mass is 248 g/mol. The Labute approximate surface area is 110 Å². The number of hydrogen-bond acceptors (Lipinski definition) is 2. The SMILES string of the molecule is CCCCCCCc1ccc(OCC2CO2)cc1. The Balaban J connectivity index is 1.63. The molecule has 0 saturated carbocycles. The van der Waals surface area contributed by atoms with Gasteiger partial charge in [0.2, 0.25) is 0 Å². The highest BCUT2D eigenvalue weighted by Crippen LogP contribution is 2.17. The van der Waals surface area contributed by atoms with Crippen molar-refractivity contribution in [3.05, 3.63) is 29.8 Å². The van der Waals surface area contributed by atoms with Crippen molar-refractivity contribution in [2.45, 2.75) is 51.6 Å². The molecule has 1 fully saturated rings. The highest BCUT2D eigenvalue weighted by Gasteiger charge is 2.22. The molecule has 1 unspecified atom stereocenters. The van der Waals surface area contributed by atoms with Gasteiger partial charge in [-0.15, -0.1) is 0 Å². The molecule has 1 saturated heterocycles. The predicted octanol–water partition coefficient (Wildman–Crippen LogP) is 3.98. The predicted molar refractivity (Wildman–Crippen MR) is 74.1 cm³/mol. The van der Waals surface area contributed by atoms with Crippen molar-refractivity contribution in [1.82, 2.24) is 0 Å². The van der Waals surface area contributed by atoms with E-state index < -0.39 is 0 Å². The molecule has 1 atom stereocenters. The number of aryl methyl sites for hydroxylation is 1. The van der Waals surface area contributed by atoms with Crippen LogP contribution in [0.15, 0.2) is 24.3 Å². The van der Waals surface area contributed by atoms with Crippen LogP contribution < -0.4 is 4.74 Å². The Morgan fingerprint density at radius 1 is 1.11 bits per heavy atom. The number of unbranched alkanes of at least 4 members (excludes halogenated alkanes) is 4. The van der Waals surface area contributed by atoms with Crippen LogP contribution in [0.25, 0.3) is 0 Å². The molecule has 1 aliphatic rings. The van der Waals surface area contributed by atoms with E-state index in [0.717, 1.165) is 12.4 Å². The summed E-state index contributed by atoms with van der Waals surface area (Å²) >= 11 is 0.